The van der Waals surface area contributed by atoms with Gasteiger partial charge in [0.1, 0.15) is 17.7 Å². The fourth-order valence-corrected chi connectivity index (χ4v) is 5.50. The summed E-state index contributed by atoms with van der Waals surface area (Å²) in [6.45, 7) is 6.85. The zero-order chi connectivity index (χ0) is 27.9. The Labute approximate surface area is 224 Å². The van der Waals surface area contributed by atoms with E-state index in [2.05, 4.69) is 10.6 Å². The number of halogens is 2. The lowest BCUT2D eigenvalue weighted by Crippen LogP contribution is -2.58. The van der Waals surface area contributed by atoms with Crippen LogP contribution in [0.4, 0.5) is 8.78 Å². The van der Waals surface area contributed by atoms with E-state index in [4.69, 9.17) is 0 Å². The van der Waals surface area contributed by atoms with Gasteiger partial charge in [-0.3, -0.25) is 19.6 Å². The number of hydrogen-bond donors (Lipinski definition) is 3. The maximum atomic E-state index is 13.9. The Bertz CT molecular complexity index is 957. The molecule has 2 aliphatic rings. The van der Waals surface area contributed by atoms with Crippen LogP contribution in [0.25, 0.3) is 0 Å². The van der Waals surface area contributed by atoms with Crippen LogP contribution < -0.4 is 10.6 Å². The fourth-order valence-electron chi connectivity index (χ4n) is 5.50. The van der Waals surface area contributed by atoms with E-state index >= 15 is 0 Å². The number of hydroxylamine groups is 2. The maximum absolute atomic E-state index is 13.9. The van der Waals surface area contributed by atoms with Gasteiger partial charge in [0.15, 0.2) is 0 Å². The van der Waals surface area contributed by atoms with Gasteiger partial charge in [0.05, 0.1) is 12.5 Å². The summed E-state index contributed by atoms with van der Waals surface area (Å²) in [4.78, 5) is 39.7. The van der Waals surface area contributed by atoms with Crippen LogP contribution in [0.2, 0.25) is 0 Å². The smallest absolute Gasteiger partial charge is 0.245 e. The first-order valence-corrected chi connectivity index (χ1v) is 13.6. The number of likely N-dealkylation sites (tertiary alicyclic amines) is 1. The molecule has 1 unspecified atom stereocenters. The molecule has 0 spiro atoms. The van der Waals surface area contributed by atoms with Gasteiger partial charge < -0.3 is 15.5 Å². The van der Waals surface area contributed by atoms with Crippen molar-refractivity contribution in [3.63, 3.8) is 0 Å². The van der Waals surface area contributed by atoms with Crippen molar-refractivity contribution in [1.29, 1.82) is 0 Å². The average Bonchev–Trinajstić information content (AvgIpc) is 3.38. The van der Waals surface area contributed by atoms with Crippen LogP contribution in [0.15, 0.2) is 18.2 Å². The molecule has 3 amide bonds. The Morgan fingerprint density at radius 3 is 2.39 bits per heavy atom. The van der Waals surface area contributed by atoms with Crippen molar-refractivity contribution < 1.29 is 28.4 Å². The molecule has 212 valence electrons. The van der Waals surface area contributed by atoms with Gasteiger partial charge in [0.25, 0.3) is 0 Å². The molecule has 1 saturated carbocycles. The summed E-state index contributed by atoms with van der Waals surface area (Å²) in [5.74, 6) is -1.93. The Morgan fingerprint density at radius 2 is 1.82 bits per heavy atom. The monoisotopic (exact) mass is 536 g/mol. The molecule has 0 bridgehead atoms. The molecule has 0 aromatic heterocycles. The van der Waals surface area contributed by atoms with Crippen LogP contribution >= 0.6 is 0 Å². The minimum atomic E-state index is -0.762. The second-order valence-electron chi connectivity index (χ2n) is 11.8. The van der Waals surface area contributed by atoms with Gasteiger partial charge in [-0.25, -0.2) is 13.8 Å². The zero-order valence-corrected chi connectivity index (χ0v) is 22.7. The van der Waals surface area contributed by atoms with Crippen molar-refractivity contribution in [2.45, 2.75) is 84.3 Å². The lowest BCUT2D eigenvalue weighted by atomic mass is 9.84. The highest BCUT2D eigenvalue weighted by Crippen LogP contribution is 2.31. The third-order valence-corrected chi connectivity index (χ3v) is 7.80. The van der Waals surface area contributed by atoms with E-state index in [1.807, 2.05) is 20.8 Å². The molecule has 10 heteroatoms. The van der Waals surface area contributed by atoms with Crippen LogP contribution in [0.1, 0.15) is 71.3 Å². The standard InChI is InChI=1S/C28H42F2N4O4/c1-28(2,3)25(32-26(36)21(17-34(38)18-35)14-19-6-4-5-7-19)27(37)33-12-10-23(11-13-33)31-16-20-8-9-22(29)15-24(20)30/h8-9,15,18-19,21,23,25,31,38H,4-7,10-14,16-17H2,1-3H3,(H,32,36)/t21?,25-/m1/s1. The van der Waals surface area contributed by atoms with Crippen molar-refractivity contribution in [2.75, 3.05) is 19.6 Å². The summed E-state index contributed by atoms with van der Waals surface area (Å²) in [5, 5.41) is 16.5. The molecule has 3 rings (SSSR count). The van der Waals surface area contributed by atoms with E-state index in [0.29, 0.717) is 55.3 Å². The van der Waals surface area contributed by atoms with E-state index in [0.717, 1.165) is 31.7 Å². The predicted octanol–water partition coefficient (Wildman–Crippen LogP) is 3.62. The van der Waals surface area contributed by atoms with E-state index in [1.54, 1.807) is 4.90 Å². The van der Waals surface area contributed by atoms with Crippen molar-refractivity contribution in [3.05, 3.63) is 35.4 Å². The summed E-state index contributed by atoms with van der Waals surface area (Å²) in [6.07, 6.45) is 6.47. The lowest BCUT2D eigenvalue weighted by molar-refractivity contribution is -0.156. The number of carbonyl (C=O) groups excluding carboxylic acids is 3. The molecule has 2 atom stereocenters. The Hall–Kier alpha value is -2.59. The molecule has 3 N–H and O–H groups in total. The second kappa shape index (κ2) is 13.5. The number of amides is 3. The number of hydrogen-bond acceptors (Lipinski definition) is 5. The fraction of sp³-hybridized carbons (Fsp3) is 0.679. The van der Waals surface area contributed by atoms with Gasteiger partial charge in [0.2, 0.25) is 18.2 Å². The molecular formula is C28H42F2N4O4. The Kier molecular flexibility index (Phi) is 10.6. The highest BCUT2D eigenvalue weighted by Gasteiger charge is 2.38. The molecular weight excluding hydrogens is 494 g/mol. The van der Waals surface area contributed by atoms with Crippen LogP contribution in [0, 0.1) is 28.9 Å². The minimum absolute atomic E-state index is 0.0841. The minimum Gasteiger partial charge on any atom is -0.344 e. The van der Waals surface area contributed by atoms with E-state index in [9.17, 15) is 28.4 Å². The molecule has 1 saturated heterocycles. The first-order chi connectivity index (χ1) is 18.0. The molecule has 1 aromatic carbocycles. The Morgan fingerprint density at radius 1 is 1.16 bits per heavy atom. The molecule has 0 radical (unpaired) electrons. The molecule has 1 aromatic rings. The number of nitrogens with one attached hydrogen (secondary N) is 2. The highest BCUT2D eigenvalue weighted by atomic mass is 19.1. The largest absolute Gasteiger partial charge is 0.344 e. The molecule has 2 fully saturated rings. The van der Waals surface area contributed by atoms with Crippen LogP contribution in [0.3, 0.4) is 0 Å². The second-order valence-corrected chi connectivity index (χ2v) is 11.8. The lowest BCUT2D eigenvalue weighted by Gasteiger charge is -2.39. The van der Waals surface area contributed by atoms with Gasteiger partial charge in [-0.1, -0.05) is 52.5 Å². The quantitative estimate of drug-likeness (QED) is 0.228. The Balaban J connectivity index is 1.58. The number of rotatable bonds is 11. The molecule has 8 nitrogen and oxygen atoms in total. The highest BCUT2D eigenvalue weighted by molar-refractivity contribution is 5.89. The van der Waals surface area contributed by atoms with Gasteiger partial charge in [0, 0.05) is 37.3 Å². The van der Waals surface area contributed by atoms with Gasteiger partial charge in [-0.05, 0) is 36.7 Å². The molecule has 1 heterocycles. The van der Waals surface area contributed by atoms with E-state index < -0.39 is 29.0 Å². The maximum Gasteiger partial charge on any atom is 0.245 e. The SMILES string of the molecule is CC(C)(C)[C@H](NC(=O)C(CC1CCCC1)CN(O)C=O)C(=O)N1CCC(NCc2ccc(F)cc2F)CC1. The summed E-state index contributed by atoms with van der Waals surface area (Å²) in [5.41, 5.74) is -0.160. The van der Waals surface area contributed by atoms with Gasteiger partial charge >= 0.3 is 0 Å². The summed E-state index contributed by atoms with van der Waals surface area (Å²) < 4.78 is 27.1. The summed E-state index contributed by atoms with van der Waals surface area (Å²) in [6, 6.07) is 2.85. The summed E-state index contributed by atoms with van der Waals surface area (Å²) in [7, 11) is 0. The molecule has 1 aliphatic carbocycles. The topological polar surface area (TPSA) is 102 Å². The van der Waals surface area contributed by atoms with Crippen LogP contribution in [-0.2, 0) is 20.9 Å². The first-order valence-electron chi connectivity index (χ1n) is 13.6. The normalized spacial score (nSPS) is 18.7. The zero-order valence-electron chi connectivity index (χ0n) is 22.7. The average molecular weight is 537 g/mol. The van der Waals surface area contributed by atoms with Gasteiger partial charge in [-0.15, -0.1) is 0 Å². The van der Waals surface area contributed by atoms with Crippen LogP contribution in [0.5, 0.6) is 0 Å². The predicted molar refractivity (Wildman–Crippen MR) is 139 cm³/mol. The number of piperidine rings is 1. The first kappa shape index (κ1) is 30.0. The molecule has 38 heavy (non-hydrogen) atoms. The number of carbonyl (C=O) groups is 3. The van der Waals surface area contributed by atoms with Crippen LogP contribution in [-0.4, -0.2) is 65.1 Å². The molecule has 1 aliphatic heterocycles. The van der Waals surface area contributed by atoms with E-state index in [1.165, 1.54) is 12.1 Å². The van der Waals surface area contributed by atoms with Crippen molar-refractivity contribution >= 4 is 18.2 Å². The number of nitrogens with zero attached hydrogens (tertiary/aromatic N) is 2. The van der Waals surface area contributed by atoms with Gasteiger partial charge in [-0.2, -0.15) is 0 Å². The number of benzene rings is 1. The van der Waals surface area contributed by atoms with Crippen molar-refractivity contribution in [3.8, 4) is 0 Å². The third kappa shape index (κ3) is 8.46. The van der Waals surface area contributed by atoms with Crippen molar-refractivity contribution in [2.24, 2.45) is 17.3 Å². The third-order valence-electron chi connectivity index (χ3n) is 7.80. The summed E-state index contributed by atoms with van der Waals surface area (Å²) >= 11 is 0. The van der Waals surface area contributed by atoms with Crippen molar-refractivity contribution in [1.82, 2.24) is 20.6 Å². The van der Waals surface area contributed by atoms with E-state index in [-0.39, 0.29) is 30.9 Å².